The van der Waals surface area contributed by atoms with Gasteiger partial charge in [-0.15, -0.1) is 0 Å². The summed E-state index contributed by atoms with van der Waals surface area (Å²) in [5, 5.41) is 25.6. The molecule has 0 radical (unpaired) electrons. The Morgan fingerprint density at radius 2 is 2.26 bits per heavy atom. The van der Waals surface area contributed by atoms with Crippen molar-refractivity contribution in [2.45, 2.75) is 25.5 Å². The van der Waals surface area contributed by atoms with Crippen molar-refractivity contribution in [2.24, 2.45) is 0 Å². The van der Waals surface area contributed by atoms with Gasteiger partial charge in [0.1, 0.15) is 12.4 Å². The average molecular weight is 337 g/mol. The number of nitrogens with zero attached hydrogens (tertiary/aromatic N) is 4. The SMILES string of the molecule is O=[N+]([O-])c1cnn(CC(O)CN2CCCc3cc(Cl)ccc32)c1. The second kappa shape index (κ2) is 6.55. The maximum atomic E-state index is 10.7. The Kier molecular flexibility index (Phi) is 4.49. The lowest BCUT2D eigenvalue weighted by atomic mass is 10.0. The Hall–Kier alpha value is -2.12. The van der Waals surface area contributed by atoms with Crippen molar-refractivity contribution in [1.82, 2.24) is 9.78 Å². The van der Waals surface area contributed by atoms with Crippen LogP contribution in [0.4, 0.5) is 11.4 Å². The molecule has 0 fully saturated rings. The molecule has 1 aliphatic heterocycles. The van der Waals surface area contributed by atoms with Crippen LogP contribution in [0, 0.1) is 10.1 Å². The molecular formula is C15H17ClN4O3. The van der Waals surface area contributed by atoms with E-state index in [4.69, 9.17) is 11.6 Å². The molecule has 0 spiro atoms. The molecule has 1 aromatic carbocycles. The van der Waals surface area contributed by atoms with Gasteiger partial charge in [-0.1, -0.05) is 11.6 Å². The molecular weight excluding hydrogens is 320 g/mol. The van der Waals surface area contributed by atoms with Gasteiger partial charge in [0.25, 0.3) is 0 Å². The summed E-state index contributed by atoms with van der Waals surface area (Å²) in [6.45, 7) is 1.53. The lowest BCUT2D eigenvalue weighted by Gasteiger charge is -2.33. The number of nitro groups is 1. The van der Waals surface area contributed by atoms with Crippen molar-refractivity contribution in [1.29, 1.82) is 0 Å². The first kappa shape index (κ1) is 15.8. The molecule has 0 saturated heterocycles. The van der Waals surface area contributed by atoms with Gasteiger partial charge in [-0.05, 0) is 36.6 Å². The number of anilines is 1. The minimum Gasteiger partial charge on any atom is -0.389 e. The van der Waals surface area contributed by atoms with Gasteiger partial charge in [-0.2, -0.15) is 5.10 Å². The van der Waals surface area contributed by atoms with E-state index in [1.807, 2.05) is 18.2 Å². The molecule has 7 nitrogen and oxygen atoms in total. The van der Waals surface area contributed by atoms with Crippen LogP contribution in [-0.2, 0) is 13.0 Å². The summed E-state index contributed by atoms with van der Waals surface area (Å²) >= 11 is 6.03. The zero-order chi connectivity index (χ0) is 16.4. The molecule has 2 heterocycles. The van der Waals surface area contributed by atoms with Gasteiger partial charge in [-0.3, -0.25) is 14.8 Å². The minimum absolute atomic E-state index is 0.0739. The van der Waals surface area contributed by atoms with Crippen LogP contribution in [0.25, 0.3) is 0 Å². The molecule has 0 aliphatic carbocycles. The van der Waals surface area contributed by atoms with Crippen LogP contribution in [0.3, 0.4) is 0 Å². The maximum Gasteiger partial charge on any atom is 0.306 e. The summed E-state index contributed by atoms with van der Waals surface area (Å²) in [6, 6.07) is 5.79. The number of aryl methyl sites for hydroxylation is 1. The molecule has 2 aromatic rings. The lowest BCUT2D eigenvalue weighted by Crippen LogP contribution is -2.38. The maximum absolute atomic E-state index is 10.7. The quantitative estimate of drug-likeness (QED) is 0.668. The molecule has 1 aromatic heterocycles. The molecule has 122 valence electrons. The molecule has 0 bridgehead atoms. The highest BCUT2D eigenvalue weighted by atomic mass is 35.5. The first-order valence-electron chi connectivity index (χ1n) is 7.41. The molecule has 0 amide bonds. The number of aliphatic hydroxyl groups excluding tert-OH is 1. The van der Waals surface area contributed by atoms with Crippen molar-refractivity contribution >= 4 is 23.0 Å². The van der Waals surface area contributed by atoms with Crippen molar-refractivity contribution in [3.05, 3.63) is 51.3 Å². The molecule has 1 N–H and O–H groups in total. The largest absolute Gasteiger partial charge is 0.389 e. The van der Waals surface area contributed by atoms with E-state index in [9.17, 15) is 15.2 Å². The third-order valence-corrected chi connectivity index (χ3v) is 4.15. The molecule has 3 rings (SSSR count). The van der Waals surface area contributed by atoms with E-state index in [-0.39, 0.29) is 12.2 Å². The summed E-state index contributed by atoms with van der Waals surface area (Å²) in [5.74, 6) is 0. The van der Waals surface area contributed by atoms with Crippen molar-refractivity contribution in [2.75, 3.05) is 18.0 Å². The Morgan fingerprint density at radius 3 is 3.00 bits per heavy atom. The number of halogens is 1. The number of fused-ring (bicyclic) bond motifs is 1. The topological polar surface area (TPSA) is 84.4 Å². The predicted molar refractivity (Wildman–Crippen MR) is 86.9 cm³/mol. The van der Waals surface area contributed by atoms with Gasteiger partial charge < -0.3 is 10.0 Å². The van der Waals surface area contributed by atoms with E-state index < -0.39 is 11.0 Å². The number of aliphatic hydroxyl groups is 1. The van der Waals surface area contributed by atoms with E-state index in [0.29, 0.717) is 6.54 Å². The molecule has 1 aliphatic rings. The summed E-state index contributed by atoms with van der Waals surface area (Å²) in [5.41, 5.74) is 2.20. The number of β-amino-alcohol motifs (C(OH)–C–C–N with tert-alkyl or cyclic N) is 1. The van der Waals surface area contributed by atoms with E-state index in [1.54, 1.807) is 0 Å². The van der Waals surface area contributed by atoms with E-state index in [0.717, 1.165) is 30.1 Å². The van der Waals surface area contributed by atoms with Gasteiger partial charge in [0.2, 0.25) is 0 Å². The van der Waals surface area contributed by atoms with Crippen LogP contribution in [0.2, 0.25) is 5.02 Å². The number of hydrogen-bond donors (Lipinski definition) is 1. The third-order valence-electron chi connectivity index (χ3n) is 3.92. The first-order chi connectivity index (χ1) is 11.0. The van der Waals surface area contributed by atoms with E-state index in [2.05, 4.69) is 10.00 Å². The Bertz CT molecular complexity index is 718. The molecule has 8 heteroatoms. The van der Waals surface area contributed by atoms with Crippen molar-refractivity contribution in [3.63, 3.8) is 0 Å². The third kappa shape index (κ3) is 3.62. The second-order valence-corrected chi connectivity index (χ2v) is 6.09. The van der Waals surface area contributed by atoms with Crippen LogP contribution < -0.4 is 4.90 Å². The summed E-state index contributed by atoms with van der Waals surface area (Å²) < 4.78 is 1.40. The standard InChI is InChI=1S/C15H17ClN4O3/c16-12-3-4-15-11(6-12)2-1-5-18(15)9-14(21)10-19-8-13(7-17-19)20(22)23/h3-4,6-8,14,21H,1-2,5,9-10H2. The number of rotatable bonds is 5. The first-order valence-corrected chi connectivity index (χ1v) is 7.79. The zero-order valence-electron chi connectivity index (χ0n) is 12.4. The minimum atomic E-state index is -0.670. The van der Waals surface area contributed by atoms with E-state index >= 15 is 0 Å². The number of aromatic nitrogens is 2. The van der Waals surface area contributed by atoms with E-state index in [1.165, 1.54) is 22.6 Å². The smallest absolute Gasteiger partial charge is 0.306 e. The normalized spacial score (nSPS) is 15.3. The van der Waals surface area contributed by atoms with Crippen LogP contribution in [0.15, 0.2) is 30.6 Å². The molecule has 0 saturated carbocycles. The molecule has 23 heavy (non-hydrogen) atoms. The fraction of sp³-hybridized carbons (Fsp3) is 0.400. The van der Waals surface area contributed by atoms with Crippen molar-refractivity contribution in [3.8, 4) is 0 Å². The molecule has 1 unspecified atom stereocenters. The highest BCUT2D eigenvalue weighted by Gasteiger charge is 2.20. The second-order valence-electron chi connectivity index (χ2n) is 5.65. The summed E-state index contributed by atoms with van der Waals surface area (Å²) in [6.07, 6.45) is 3.83. The predicted octanol–water partition coefficient (Wildman–Crippen LogP) is 2.26. The van der Waals surface area contributed by atoms with Gasteiger partial charge in [0, 0.05) is 23.8 Å². The zero-order valence-corrected chi connectivity index (χ0v) is 13.2. The van der Waals surface area contributed by atoms with Gasteiger partial charge in [-0.25, -0.2) is 0 Å². The molecule has 1 atom stereocenters. The number of benzene rings is 1. The Balaban J connectivity index is 1.66. The Labute approximate surface area is 138 Å². The number of hydrogen-bond acceptors (Lipinski definition) is 5. The van der Waals surface area contributed by atoms with Crippen LogP contribution in [0.1, 0.15) is 12.0 Å². The summed E-state index contributed by atoms with van der Waals surface area (Å²) in [7, 11) is 0. The highest BCUT2D eigenvalue weighted by Crippen LogP contribution is 2.29. The van der Waals surface area contributed by atoms with Gasteiger partial charge >= 0.3 is 5.69 Å². The highest BCUT2D eigenvalue weighted by molar-refractivity contribution is 6.30. The van der Waals surface area contributed by atoms with Crippen molar-refractivity contribution < 1.29 is 10.0 Å². The Morgan fingerprint density at radius 1 is 1.43 bits per heavy atom. The summed E-state index contributed by atoms with van der Waals surface area (Å²) in [4.78, 5) is 12.3. The monoisotopic (exact) mass is 336 g/mol. The average Bonchev–Trinajstić information content (AvgIpc) is 2.95. The van der Waals surface area contributed by atoms with Crippen LogP contribution in [0.5, 0.6) is 0 Å². The van der Waals surface area contributed by atoms with Crippen LogP contribution >= 0.6 is 11.6 Å². The van der Waals surface area contributed by atoms with Crippen LogP contribution in [-0.4, -0.2) is 39.0 Å². The fourth-order valence-electron chi connectivity index (χ4n) is 2.91. The lowest BCUT2D eigenvalue weighted by molar-refractivity contribution is -0.385. The van der Waals surface area contributed by atoms with Gasteiger partial charge in [0.15, 0.2) is 0 Å². The fourth-order valence-corrected chi connectivity index (χ4v) is 3.10. The van der Waals surface area contributed by atoms with Gasteiger partial charge in [0.05, 0.1) is 17.6 Å².